The summed E-state index contributed by atoms with van der Waals surface area (Å²) in [6.07, 6.45) is -1.38. The maximum absolute atomic E-state index is 12.8. The number of anilines is 1. The molecule has 1 unspecified atom stereocenters. The molecule has 1 saturated heterocycles. The molecule has 180 valence electrons. The van der Waals surface area contributed by atoms with Gasteiger partial charge in [-0.15, -0.1) is 13.2 Å². The van der Waals surface area contributed by atoms with Gasteiger partial charge in [0.1, 0.15) is 17.3 Å². The van der Waals surface area contributed by atoms with Crippen LogP contribution < -0.4 is 15.4 Å². The van der Waals surface area contributed by atoms with Gasteiger partial charge in [0.25, 0.3) is 5.91 Å². The van der Waals surface area contributed by atoms with Crippen molar-refractivity contribution in [1.82, 2.24) is 15.3 Å². The number of aliphatic hydroxyl groups excluding tert-OH is 1. The number of aliphatic hydroxyl groups is 1. The van der Waals surface area contributed by atoms with Gasteiger partial charge in [-0.1, -0.05) is 12.1 Å². The standard InChI is InChI=1S/C23H23F3N4O4/c24-23(25,26)34-17-4-1-14(2-5-17)20(13-31)30-22(32)18-6-3-15-12-27-21(11-19(15)29-18)28-16-7-9-33-10-8-16/h1-6,11-12,16,20,31H,7-10,13H2,(H,27,28)(H,30,32). The Bertz CT molecular complexity index is 1140. The molecule has 1 atom stereocenters. The number of carbonyl (C=O) groups is 1. The predicted molar refractivity (Wildman–Crippen MR) is 117 cm³/mol. The highest BCUT2D eigenvalue weighted by molar-refractivity contribution is 5.95. The van der Waals surface area contributed by atoms with Crippen LogP contribution in [-0.2, 0) is 4.74 Å². The number of amides is 1. The Morgan fingerprint density at radius 1 is 1.18 bits per heavy atom. The molecule has 3 aromatic rings. The summed E-state index contributed by atoms with van der Waals surface area (Å²) >= 11 is 0. The Labute approximate surface area is 193 Å². The number of alkyl halides is 3. The third-order valence-electron chi connectivity index (χ3n) is 5.38. The van der Waals surface area contributed by atoms with E-state index in [0.29, 0.717) is 30.1 Å². The smallest absolute Gasteiger partial charge is 0.406 e. The van der Waals surface area contributed by atoms with E-state index in [1.54, 1.807) is 24.4 Å². The molecule has 1 amide bonds. The van der Waals surface area contributed by atoms with Crippen molar-refractivity contribution in [1.29, 1.82) is 0 Å². The number of nitrogens with zero attached hydrogens (tertiary/aromatic N) is 2. The maximum atomic E-state index is 12.8. The van der Waals surface area contributed by atoms with E-state index in [0.717, 1.165) is 30.4 Å². The van der Waals surface area contributed by atoms with Gasteiger partial charge in [-0.3, -0.25) is 4.79 Å². The van der Waals surface area contributed by atoms with E-state index in [4.69, 9.17) is 4.74 Å². The van der Waals surface area contributed by atoms with Crippen molar-refractivity contribution >= 4 is 22.6 Å². The summed E-state index contributed by atoms with van der Waals surface area (Å²) in [7, 11) is 0. The van der Waals surface area contributed by atoms with E-state index in [1.165, 1.54) is 12.1 Å². The number of carbonyl (C=O) groups excluding carboxylic acids is 1. The molecule has 4 rings (SSSR count). The summed E-state index contributed by atoms with van der Waals surface area (Å²) in [5.41, 5.74) is 1.12. The lowest BCUT2D eigenvalue weighted by Gasteiger charge is -2.23. The van der Waals surface area contributed by atoms with Crippen molar-refractivity contribution in [2.75, 3.05) is 25.1 Å². The summed E-state index contributed by atoms with van der Waals surface area (Å²) in [6.45, 7) is 0.928. The molecular formula is C23H23F3N4O4. The number of pyridine rings is 2. The van der Waals surface area contributed by atoms with Crippen LogP contribution >= 0.6 is 0 Å². The summed E-state index contributed by atoms with van der Waals surface area (Å²) in [6, 6.07) is 9.37. The number of halogens is 3. The number of rotatable bonds is 7. The average molecular weight is 476 g/mol. The minimum atomic E-state index is -4.80. The molecule has 0 saturated carbocycles. The predicted octanol–water partition coefficient (Wildman–Crippen LogP) is 3.58. The lowest BCUT2D eigenvalue weighted by atomic mass is 10.1. The van der Waals surface area contributed by atoms with E-state index in [1.807, 2.05) is 0 Å². The van der Waals surface area contributed by atoms with Crippen molar-refractivity contribution in [2.24, 2.45) is 0 Å². The highest BCUT2D eigenvalue weighted by atomic mass is 19.4. The third kappa shape index (κ3) is 6.12. The van der Waals surface area contributed by atoms with Gasteiger partial charge in [0.2, 0.25) is 0 Å². The van der Waals surface area contributed by atoms with Gasteiger partial charge in [-0.25, -0.2) is 9.97 Å². The molecular weight excluding hydrogens is 453 g/mol. The Kier molecular flexibility index (Phi) is 7.13. The average Bonchev–Trinajstić information content (AvgIpc) is 2.82. The largest absolute Gasteiger partial charge is 0.573 e. The van der Waals surface area contributed by atoms with Crippen molar-refractivity contribution in [3.8, 4) is 5.75 Å². The van der Waals surface area contributed by atoms with E-state index < -0.39 is 30.7 Å². The molecule has 0 aliphatic carbocycles. The lowest BCUT2D eigenvalue weighted by Crippen LogP contribution is -2.31. The maximum Gasteiger partial charge on any atom is 0.573 e. The Morgan fingerprint density at radius 3 is 2.59 bits per heavy atom. The normalized spacial score (nSPS) is 15.6. The molecule has 34 heavy (non-hydrogen) atoms. The van der Waals surface area contributed by atoms with Gasteiger partial charge >= 0.3 is 6.36 Å². The molecule has 11 heteroatoms. The van der Waals surface area contributed by atoms with Crippen LogP contribution in [0.5, 0.6) is 5.75 Å². The van der Waals surface area contributed by atoms with Crippen LogP contribution in [0.2, 0.25) is 0 Å². The first-order valence-corrected chi connectivity index (χ1v) is 10.7. The van der Waals surface area contributed by atoms with Gasteiger partial charge in [0.15, 0.2) is 0 Å². The quantitative estimate of drug-likeness (QED) is 0.479. The van der Waals surface area contributed by atoms with Crippen LogP contribution in [0.4, 0.5) is 19.0 Å². The zero-order valence-corrected chi connectivity index (χ0v) is 18.0. The van der Waals surface area contributed by atoms with Crippen molar-refractivity contribution < 1.29 is 32.5 Å². The first-order valence-electron chi connectivity index (χ1n) is 10.7. The van der Waals surface area contributed by atoms with E-state index in [2.05, 4.69) is 25.3 Å². The van der Waals surface area contributed by atoms with Crippen LogP contribution in [0.1, 0.15) is 34.9 Å². The second-order valence-corrected chi connectivity index (χ2v) is 7.82. The summed E-state index contributed by atoms with van der Waals surface area (Å²) in [4.78, 5) is 21.6. The molecule has 1 fully saturated rings. The Hall–Kier alpha value is -3.44. The fourth-order valence-electron chi connectivity index (χ4n) is 3.64. The van der Waals surface area contributed by atoms with Crippen LogP contribution in [0, 0.1) is 0 Å². The van der Waals surface area contributed by atoms with Gasteiger partial charge < -0.3 is 25.2 Å². The van der Waals surface area contributed by atoms with E-state index in [9.17, 15) is 23.1 Å². The second-order valence-electron chi connectivity index (χ2n) is 7.82. The van der Waals surface area contributed by atoms with E-state index in [-0.39, 0.29) is 11.7 Å². The SMILES string of the molecule is O=C(NC(CO)c1ccc(OC(F)(F)F)cc1)c1ccc2cnc(NC3CCOCC3)cc2n1. The molecule has 2 aromatic heterocycles. The fourth-order valence-corrected chi connectivity index (χ4v) is 3.64. The minimum absolute atomic E-state index is 0.131. The van der Waals surface area contributed by atoms with Crippen LogP contribution in [0.25, 0.3) is 10.9 Å². The molecule has 0 spiro atoms. The summed E-state index contributed by atoms with van der Waals surface area (Å²) in [5.74, 6) is -0.277. The summed E-state index contributed by atoms with van der Waals surface area (Å²) in [5, 5.41) is 16.5. The fraction of sp³-hybridized carbons (Fsp3) is 0.348. The van der Waals surface area contributed by atoms with Crippen molar-refractivity contribution in [2.45, 2.75) is 31.3 Å². The first-order chi connectivity index (χ1) is 16.3. The van der Waals surface area contributed by atoms with Crippen LogP contribution in [0.3, 0.4) is 0 Å². The molecule has 1 aliphatic rings. The number of hydrogen-bond donors (Lipinski definition) is 3. The second kappa shape index (κ2) is 10.2. The van der Waals surface area contributed by atoms with Gasteiger partial charge in [0, 0.05) is 36.9 Å². The third-order valence-corrected chi connectivity index (χ3v) is 5.38. The van der Waals surface area contributed by atoms with Crippen molar-refractivity contribution in [3.63, 3.8) is 0 Å². The number of ether oxygens (including phenoxy) is 2. The number of hydrogen-bond acceptors (Lipinski definition) is 7. The highest BCUT2D eigenvalue weighted by Gasteiger charge is 2.31. The molecule has 8 nitrogen and oxygen atoms in total. The zero-order valence-electron chi connectivity index (χ0n) is 18.0. The molecule has 1 aliphatic heterocycles. The van der Waals surface area contributed by atoms with Gasteiger partial charge in [-0.2, -0.15) is 0 Å². The van der Waals surface area contributed by atoms with E-state index >= 15 is 0 Å². The minimum Gasteiger partial charge on any atom is -0.406 e. The molecule has 1 aromatic carbocycles. The van der Waals surface area contributed by atoms with Gasteiger partial charge in [-0.05, 0) is 42.7 Å². The Morgan fingerprint density at radius 2 is 1.91 bits per heavy atom. The highest BCUT2D eigenvalue weighted by Crippen LogP contribution is 2.25. The van der Waals surface area contributed by atoms with Crippen LogP contribution in [0.15, 0.2) is 48.7 Å². The van der Waals surface area contributed by atoms with Gasteiger partial charge in [0.05, 0.1) is 18.2 Å². The Balaban J connectivity index is 1.46. The number of nitrogens with one attached hydrogen (secondary N) is 2. The number of benzene rings is 1. The zero-order chi connectivity index (χ0) is 24.1. The lowest BCUT2D eigenvalue weighted by molar-refractivity contribution is -0.274. The van der Waals surface area contributed by atoms with Crippen molar-refractivity contribution in [3.05, 3.63) is 59.9 Å². The number of fused-ring (bicyclic) bond motifs is 1. The first kappa shape index (κ1) is 23.7. The topological polar surface area (TPSA) is 106 Å². The van der Waals surface area contributed by atoms with Crippen LogP contribution in [-0.4, -0.2) is 53.2 Å². The molecule has 0 bridgehead atoms. The number of aromatic nitrogens is 2. The molecule has 3 heterocycles. The summed E-state index contributed by atoms with van der Waals surface area (Å²) < 4.78 is 46.2. The monoisotopic (exact) mass is 476 g/mol. The molecule has 0 radical (unpaired) electrons. The molecule has 3 N–H and O–H groups in total.